The van der Waals surface area contributed by atoms with E-state index in [0.29, 0.717) is 5.92 Å². The van der Waals surface area contributed by atoms with Gasteiger partial charge in [0.05, 0.1) is 11.9 Å². The Morgan fingerprint density at radius 1 is 1.13 bits per heavy atom. The lowest BCUT2D eigenvalue weighted by atomic mass is 9.95. The number of aromatic nitrogens is 5. The molecule has 1 fully saturated rings. The van der Waals surface area contributed by atoms with Gasteiger partial charge in [-0.15, -0.1) is 0 Å². The number of hydrogen-bond acceptors (Lipinski definition) is 5. The molecule has 3 aromatic heterocycles. The Morgan fingerprint density at radius 3 is 2.96 bits per heavy atom. The van der Waals surface area contributed by atoms with E-state index in [-0.39, 0.29) is 0 Å². The third-order valence-corrected chi connectivity index (χ3v) is 4.21. The van der Waals surface area contributed by atoms with Gasteiger partial charge in [-0.1, -0.05) is 6.07 Å². The summed E-state index contributed by atoms with van der Waals surface area (Å²) in [7, 11) is 0. The van der Waals surface area contributed by atoms with E-state index >= 15 is 0 Å². The summed E-state index contributed by atoms with van der Waals surface area (Å²) in [6.07, 6.45) is 11.3. The molecule has 116 valence electrons. The van der Waals surface area contributed by atoms with Crippen LogP contribution in [0.2, 0.25) is 0 Å². The minimum atomic E-state index is 0.369. The number of rotatable bonds is 3. The molecule has 4 rings (SSSR count). The first-order valence-electron chi connectivity index (χ1n) is 7.88. The van der Waals surface area contributed by atoms with Crippen molar-refractivity contribution in [1.82, 2.24) is 24.9 Å². The molecule has 0 saturated carbocycles. The predicted molar refractivity (Wildman–Crippen MR) is 88.0 cm³/mol. The Morgan fingerprint density at radius 2 is 2.13 bits per heavy atom. The molecule has 0 aromatic carbocycles. The monoisotopic (exact) mass is 306 g/mol. The Bertz CT molecular complexity index is 756. The fourth-order valence-electron chi connectivity index (χ4n) is 3.06. The lowest BCUT2D eigenvalue weighted by Gasteiger charge is -2.33. The van der Waals surface area contributed by atoms with Crippen molar-refractivity contribution in [2.75, 3.05) is 18.0 Å². The smallest absolute Gasteiger partial charge is 0.157 e. The average Bonchev–Trinajstić information content (AvgIpc) is 3.18. The second-order valence-corrected chi connectivity index (χ2v) is 5.74. The zero-order valence-electron chi connectivity index (χ0n) is 12.8. The van der Waals surface area contributed by atoms with Crippen LogP contribution in [0.3, 0.4) is 0 Å². The molecule has 0 bridgehead atoms. The molecule has 0 radical (unpaired) electrons. The van der Waals surface area contributed by atoms with Gasteiger partial charge in [-0.3, -0.25) is 4.98 Å². The number of aromatic amines is 1. The Balaban J connectivity index is 1.57. The molecular weight excluding hydrogens is 288 g/mol. The molecule has 1 N–H and O–H groups in total. The van der Waals surface area contributed by atoms with Crippen LogP contribution in [-0.2, 0) is 0 Å². The van der Waals surface area contributed by atoms with Crippen molar-refractivity contribution in [3.05, 3.63) is 54.9 Å². The molecule has 0 amide bonds. The topological polar surface area (TPSA) is 70.6 Å². The van der Waals surface area contributed by atoms with Crippen LogP contribution >= 0.6 is 0 Å². The van der Waals surface area contributed by atoms with Gasteiger partial charge in [0.15, 0.2) is 5.82 Å². The van der Waals surface area contributed by atoms with Crippen LogP contribution in [0, 0.1) is 0 Å². The van der Waals surface area contributed by atoms with Crippen molar-refractivity contribution >= 4 is 5.82 Å². The summed E-state index contributed by atoms with van der Waals surface area (Å²) in [5.41, 5.74) is 1.82. The first kappa shape index (κ1) is 13.9. The Labute approximate surface area is 134 Å². The van der Waals surface area contributed by atoms with Crippen LogP contribution < -0.4 is 4.90 Å². The van der Waals surface area contributed by atoms with Crippen molar-refractivity contribution in [3.63, 3.8) is 0 Å². The minimum Gasteiger partial charge on any atom is -0.356 e. The van der Waals surface area contributed by atoms with Crippen molar-refractivity contribution < 1.29 is 0 Å². The van der Waals surface area contributed by atoms with Crippen LogP contribution in [0.4, 0.5) is 5.82 Å². The highest BCUT2D eigenvalue weighted by Gasteiger charge is 2.23. The summed E-state index contributed by atoms with van der Waals surface area (Å²) < 4.78 is 0. The van der Waals surface area contributed by atoms with Crippen LogP contribution in [0.1, 0.15) is 24.5 Å². The summed E-state index contributed by atoms with van der Waals surface area (Å²) in [5.74, 6) is 2.16. The Kier molecular flexibility index (Phi) is 3.71. The maximum Gasteiger partial charge on any atom is 0.157 e. The second-order valence-electron chi connectivity index (χ2n) is 5.74. The van der Waals surface area contributed by atoms with E-state index in [4.69, 9.17) is 4.98 Å². The first-order valence-corrected chi connectivity index (χ1v) is 7.88. The molecule has 0 aliphatic carbocycles. The lowest BCUT2D eigenvalue weighted by molar-refractivity contribution is 0.497. The fraction of sp³-hybridized carbons (Fsp3) is 0.294. The normalized spacial score (nSPS) is 18.1. The summed E-state index contributed by atoms with van der Waals surface area (Å²) in [5, 5.41) is 0. The molecule has 23 heavy (non-hydrogen) atoms. The fourth-order valence-corrected chi connectivity index (χ4v) is 3.06. The van der Waals surface area contributed by atoms with Crippen molar-refractivity contribution in [2.24, 2.45) is 0 Å². The quantitative estimate of drug-likeness (QED) is 0.805. The third-order valence-electron chi connectivity index (χ3n) is 4.21. The maximum atomic E-state index is 4.76. The van der Waals surface area contributed by atoms with Crippen LogP contribution in [-0.4, -0.2) is 38.0 Å². The summed E-state index contributed by atoms with van der Waals surface area (Å²) in [6, 6.07) is 6.04. The summed E-state index contributed by atoms with van der Waals surface area (Å²) in [4.78, 5) is 23.3. The van der Waals surface area contributed by atoms with Gasteiger partial charge in [0.25, 0.3) is 0 Å². The number of imidazole rings is 1. The van der Waals surface area contributed by atoms with Crippen LogP contribution in [0.5, 0.6) is 0 Å². The summed E-state index contributed by atoms with van der Waals surface area (Å²) in [6.45, 7) is 1.96. The highest BCUT2D eigenvalue weighted by Crippen LogP contribution is 2.28. The van der Waals surface area contributed by atoms with Crippen molar-refractivity contribution in [3.8, 4) is 11.5 Å². The number of anilines is 1. The molecular formula is C17H18N6. The molecule has 1 aliphatic heterocycles. The van der Waals surface area contributed by atoms with Gasteiger partial charge in [0.1, 0.15) is 11.5 Å². The zero-order valence-corrected chi connectivity index (χ0v) is 12.8. The van der Waals surface area contributed by atoms with Gasteiger partial charge >= 0.3 is 0 Å². The van der Waals surface area contributed by atoms with E-state index in [9.17, 15) is 0 Å². The number of pyridine rings is 1. The van der Waals surface area contributed by atoms with E-state index in [1.807, 2.05) is 24.5 Å². The molecule has 3 aromatic rings. The number of nitrogens with zero attached hydrogens (tertiary/aromatic N) is 5. The van der Waals surface area contributed by atoms with Gasteiger partial charge in [-0.25, -0.2) is 15.0 Å². The van der Waals surface area contributed by atoms with E-state index in [1.54, 1.807) is 18.6 Å². The standard InChI is InChI=1S/C17H18N6/c1-2-6-19-16(5-1)23-9-3-4-13(12-23)14-10-18-11-15(22-14)17-20-7-8-21-17/h1-2,5-8,10-11,13H,3-4,9,12H2,(H,20,21)/t13-/m0/s1. The van der Waals surface area contributed by atoms with Gasteiger partial charge in [-0.05, 0) is 25.0 Å². The van der Waals surface area contributed by atoms with E-state index in [0.717, 1.165) is 49.0 Å². The molecule has 6 nitrogen and oxygen atoms in total. The van der Waals surface area contributed by atoms with Gasteiger partial charge in [-0.2, -0.15) is 0 Å². The minimum absolute atomic E-state index is 0.369. The second kappa shape index (κ2) is 6.16. The van der Waals surface area contributed by atoms with Crippen molar-refractivity contribution in [1.29, 1.82) is 0 Å². The molecule has 1 aliphatic rings. The van der Waals surface area contributed by atoms with E-state index < -0.39 is 0 Å². The average molecular weight is 306 g/mol. The number of nitrogens with one attached hydrogen (secondary N) is 1. The zero-order chi connectivity index (χ0) is 15.5. The third kappa shape index (κ3) is 2.92. The molecule has 1 atom stereocenters. The van der Waals surface area contributed by atoms with Crippen LogP contribution in [0.15, 0.2) is 49.2 Å². The van der Waals surface area contributed by atoms with Gasteiger partial charge in [0.2, 0.25) is 0 Å². The lowest BCUT2D eigenvalue weighted by Crippen LogP contribution is -2.35. The molecule has 0 unspecified atom stereocenters. The van der Waals surface area contributed by atoms with E-state index in [2.05, 4.69) is 30.9 Å². The largest absolute Gasteiger partial charge is 0.356 e. The number of piperidine rings is 1. The van der Waals surface area contributed by atoms with Crippen LogP contribution in [0.25, 0.3) is 11.5 Å². The van der Waals surface area contributed by atoms with E-state index in [1.165, 1.54) is 0 Å². The molecule has 0 spiro atoms. The highest BCUT2D eigenvalue weighted by atomic mass is 15.2. The Hall–Kier alpha value is -2.76. The highest BCUT2D eigenvalue weighted by molar-refractivity contribution is 5.47. The maximum absolute atomic E-state index is 4.76. The van der Waals surface area contributed by atoms with Gasteiger partial charge < -0.3 is 9.88 Å². The SMILES string of the molecule is c1ccc(N2CCC[C@H](c3cncc(-c4ncc[nH]4)n3)C2)nc1. The summed E-state index contributed by atoms with van der Waals surface area (Å²) >= 11 is 0. The molecule has 4 heterocycles. The number of hydrogen-bond donors (Lipinski definition) is 1. The first-order chi connectivity index (χ1) is 11.4. The van der Waals surface area contributed by atoms with Gasteiger partial charge in [0, 0.05) is 43.8 Å². The van der Waals surface area contributed by atoms with Crippen molar-refractivity contribution in [2.45, 2.75) is 18.8 Å². The number of H-pyrrole nitrogens is 1. The predicted octanol–water partition coefficient (Wildman–Crippen LogP) is 2.65. The molecule has 6 heteroatoms. The molecule has 1 saturated heterocycles.